The zero-order chi connectivity index (χ0) is 11.0. The summed E-state index contributed by atoms with van der Waals surface area (Å²) in [5.74, 6) is -0.0733. The van der Waals surface area contributed by atoms with Gasteiger partial charge in [-0.3, -0.25) is 4.79 Å². The van der Waals surface area contributed by atoms with E-state index in [4.69, 9.17) is 4.74 Å². The molecule has 0 aliphatic carbocycles. The smallest absolute Gasteiger partial charge is 0.306 e. The van der Waals surface area contributed by atoms with Crippen molar-refractivity contribution in [2.45, 2.75) is 39.7 Å². The van der Waals surface area contributed by atoms with E-state index in [1.165, 1.54) is 16.7 Å². The third-order valence-electron chi connectivity index (χ3n) is 3.21. The number of esters is 1. The quantitative estimate of drug-likeness (QED) is 0.657. The minimum Gasteiger partial charge on any atom is -0.457 e. The number of cyclic esters (lactones) is 1. The lowest BCUT2D eigenvalue weighted by molar-refractivity contribution is -0.141. The van der Waals surface area contributed by atoms with Crippen LogP contribution in [0.3, 0.4) is 0 Å². The maximum Gasteiger partial charge on any atom is 0.306 e. The number of carbonyl (C=O) groups is 1. The van der Waals surface area contributed by atoms with Crippen molar-refractivity contribution in [2.75, 3.05) is 0 Å². The number of ether oxygens (including phenoxy) is 1. The number of aryl methyl sites for hydroxylation is 2. The van der Waals surface area contributed by atoms with Gasteiger partial charge < -0.3 is 4.74 Å². The molecule has 0 spiro atoms. The van der Waals surface area contributed by atoms with Crippen LogP contribution < -0.4 is 0 Å². The second kappa shape index (κ2) is 3.69. The molecule has 1 saturated heterocycles. The number of rotatable bonds is 1. The topological polar surface area (TPSA) is 26.3 Å². The van der Waals surface area contributed by atoms with E-state index in [1.54, 1.807) is 0 Å². The standard InChI is InChI=1S/C13H16O2/c1-8-6-11(7-9(2)10(8)3)12-4-5-13(14)15-12/h6-7,12H,4-5H2,1-3H3. The molecule has 1 aromatic rings. The van der Waals surface area contributed by atoms with Crippen molar-refractivity contribution in [3.05, 3.63) is 34.4 Å². The number of hydrogen-bond donors (Lipinski definition) is 0. The maximum absolute atomic E-state index is 11.0. The summed E-state index contributed by atoms with van der Waals surface area (Å²) in [6, 6.07) is 4.26. The zero-order valence-corrected chi connectivity index (χ0v) is 9.46. The lowest BCUT2D eigenvalue weighted by atomic mass is 9.97. The average molecular weight is 204 g/mol. The lowest BCUT2D eigenvalue weighted by Gasteiger charge is -2.13. The minimum atomic E-state index is -0.0733. The Hall–Kier alpha value is -1.31. The van der Waals surface area contributed by atoms with Crippen molar-refractivity contribution < 1.29 is 9.53 Å². The number of hydrogen-bond acceptors (Lipinski definition) is 2. The molecule has 1 heterocycles. The molecule has 2 heteroatoms. The van der Waals surface area contributed by atoms with Gasteiger partial charge in [-0.25, -0.2) is 0 Å². The monoisotopic (exact) mass is 204 g/mol. The Bertz CT molecular complexity index is 384. The molecule has 1 atom stereocenters. The predicted octanol–water partition coefficient (Wildman–Crippen LogP) is 2.99. The van der Waals surface area contributed by atoms with E-state index in [9.17, 15) is 4.79 Å². The first-order chi connectivity index (χ1) is 7.08. The van der Waals surface area contributed by atoms with Gasteiger partial charge in [0, 0.05) is 6.42 Å². The van der Waals surface area contributed by atoms with Crippen molar-refractivity contribution >= 4 is 5.97 Å². The fourth-order valence-electron chi connectivity index (χ4n) is 2.02. The van der Waals surface area contributed by atoms with Gasteiger partial charge in [-0.1, -0.05) is 12.1 Å². The molecule has 0 radical (unpaired) electrons. The van der Waals surface area contributed by atoms with Crippen LogP contribution in [0.15, 0.2) is 12.1 Å². The van der Waals surface area contributed by atoms with Gasteiger partial charge in [0.05, 0.1) is 0 Å². The van der Waals surface area contributed by atoms with E-state index in [2.05, 4.69) is 32.9 Å². The third kappa shape index (κ3) is 1.89. The molecule has 0 N–H and O–H groups in total. The summed E-state index contributed by atoms with van der Waals surface area (Å²) in [6.07, 6.45) is 1.35. The van der Waals surface area contributed by atoms with Gasteiger partial charge in [-0.2, -0.15) is 0 Å². The van der Waals surface area contributed by atoms with E-state index in [0.717, 1.165) is 12.0 Å². The number of benzene rings is 1. The zero-order valence-electron chi connectivity index (χ0n) is 9.46. The molecule has 1 aliphatic rings. The summed E-state index contributed by atoms with van der Waals surface area (Å²) in [5.41, 5.74) is 5.01. The molecule has 2 rings (SSSR count). The van der Waals surface area contributed by atoms with Crippen molar-refractivity contribution in [3.8, 4) is 0 Å². The summed E-state index contributed by atoms with van der Waals surface area (Å²) in [5, 5.41) is 0. The normalized spacial score (nSPS) is 20.5. The van der Waals surface area contributed by atoms with Gasteiger partial charge in [0.15, 0.2) is 0 Å². The first-order valence-electron chi connectivity index (χ1n) is 5.35. The molecule has 80 valence electrons. The van der Waals surface area contributed by atoms with Gasteiger partial charge in [0.1, 0.15) is 6.10 Å². The fraction of sp³-hybridized carbons (Fsp3) is 0.462. The van der Waals surface area contributed by atoms with Crippen molar-refractivity contribution in [3.63, 3.8) is 0 Å². The first-order valence-corrected chi connectivity index (χ1v) is 5.35. The summed E-state index contributed by atoms with van der Waals surface area (Å²) in [6.45, 7) is 6.32. The highest BCUT2D eigenvalue weighted by Crippen LogP contribution is 2.31. The van der Waals surface area contributed by atoms with E-state index in [1.807, 2.05) is 0 Å². The predicted molar refractivity (Wildman–Crippen MR) is 58.7 cm³/mol. The molecule has 0 saturated carbocycles. The molecule has 1 unspecified atom stereocenters. The van der Waals surface area contributed by atoms with Crippen molar-refractivity contribution in [2.24, 2.45) is 0 Å². The average Bonchev–Trinajstić information content (AvgIpc) is 2.60. The van der Waals surface area contributed by atoms with Crippen LogP contribution in [0, 0.1) is 20.8 Å². The molecular weight excluding hydrogens is 188 g/mol. The maximum atomic E-state index is 11.0. The second-order valence-electron chi connectivity index (χ2n) is 4.30. The Morgan fingerprint density at radius 1 is 1.20 bits per heavy atom. The Morgan fingerprint density at radius 2 is 1.80 bits per heavy atom. The molecule has 0 bridgehead atoms. The molecule has 0 amide bonds. The van der Waals surface area contributed by atoms with E-state index in [0.29, 0.717) is 6.42 Å². The first kappa shape index (κ1) is 10.2. The van der Waals surface area contributed by atoms with Crippen LogP contribution in [-0.4, -0.2) is 5.97 Å². The summed E-state index contributed by atoms with van der Waals surface area (Å²) < 4.78 is 5.26. The van der Waals surface area contributed by atoms with Gasteiger partial charge in [-0.15, -0.1) is 0 Å². The van der Waals surface area contributed by atoms with Crippen LogP contribution in [0.1, 0.15) is 41.2 Å². The van der Waals surface area contributed by atoms with Crippen molar-refractivity contribution in [1.29, 1.82) is 0 Å². The molecule has 0 aromatic heterocycles. The highest BCUT2D eigenvalue weighted by molar-refractivity contribution is 5.71. The van der Waals surface area contributed by atoms with Gasteiger partial charge in [0.2, 0.25) is 0 Å². The molecule has 1 aromatic carbocycles. The van der Waals surface area contributed by atoms with Gasteiger partial charge >= 0.3 is 5.97 Å². The van der Waals surface area contributed by atoms with E-state index < -0.39 is 0 Å². The third-order valence-corrected chi connectivity index (χ3v) is 3.21. The second-order valence-corrected chi connectivity index (χ2v) is 4.30. The highest BCUT2D eigenvalue weighted by atomic mass is 16.5. The largest absolute Gasteiger partial charge is 0.457 e. The summed E-state index contributed by atoms with van der Waals surface area (Å²) in [4.78, 5) is 11.0. The lowest BCUT2D eigenvalue weighted by Crippen LogP contribution is -2.00. The Kier molecular flexibility index (Phi) is 2.51. The molecule has 1 aliphatic heterocycles. The summed E-state index contributed by atoms with van der Waals surface area (Å²) in [7, 11) is 0. The number of carbonyl (C=O) groups excluding carboxylic acids is 1. The van der Waals surface area contributed by atoms with Crippen LogP contribution >= 0.6 is 0 Å². The van der Waals surface area contributed by atoms with Gasteiger partial charge in [-0.05, 0) is 49.4 Å². The summed E-state index contributed by atoms with van der Waals surface area (Å²) >= 11 is 0. The molecule has 2 nitrogen and oxygen atoms in total. The highest BCUT2D eigenvalue weighted by Gasteiger charge is 2.25. The van der Waals surface area contributed by atoms with Crippen LogP contribution in [0.5, 0.6) is 0 Å². The minimum absolute atomic E-state index is 0.0181. The van der Waals surface area contributed by atoms with Crippen LogP contribution in [-0.2, 0) is 9.53 Å². The Labute approximate surface area is 90.3 Å². The van der Waals surface area contributed by atoms with Crippen LogP contribution in [0.2, 0.25) is 0 Å². The SMILES string of the molecule is Cc1cc(C2CCC(=O)O2)cc(C)c1C. The molecule has 15 heavy (non-hydrogen) atoms. The fourth-order valence-corrected chi connectivity index (χ4v) is 2.02. The van der Waals surface area contributed by atoms with Gasteiger partial charge in [0.25, 0.3) is 0 Å². The Morgan fingerprint density at radius 3 is 2.27 bits per heavy atom. The van der Waals surface area contributed by atoms with E-state index in [-0.39, 0.29) is 12.1 Å². The van der Waals surface area contributed by atoms with E-state index >= 15 is 0 Å². The van der Waals surface area contributed by atoms with Crippen molar-refractivity contribution in [1.82, 2.24) is 0 Å². The Balaban J connectivity index is 2.33. The van der Waals surface area contributed by atoms with Crippen LogP contribution in [0.25, 0.3) is 0 Å². The van der Waals surface area contributed by atoms with Crippen LogP contribution in [0.4, 0.5) is 0 Å². The molecular formula is C13H16O2. The molecule has 1 fully saturated rings.